The fourth-order valence-electron chi connectivity index (χ4n) is 2.51. The summed E-state index contributed by atoms with van der Waals surface area (Å²) in [6, 6.07) is 16.6. The lowest BCUT2D eigenvalue weighted by Gasteiger charge is -2.21. The Balaban J connectivity index is 1.56. The van der Waals surface area contributed by atoms with Gasteiger partial charge in [0.05, 0.1) is 0 Å². The first-order chi connectivity index (χ1) is 13.8. The Morgan fingerprint density at radius 2 is 1.76 bits per heavy atom. The molecule has 2 aromatic carbocycles. The van der Waals surface area contributed by atoms with Crippen LogP contribution in [0.25, 0.3) is 17.5 Å². The highest BCUT2D eigenvalue weighted by atomic mass is 16.5. The number of rotatable bonds is 8. The summed E-state index contributed by atoms with van der Waals surface area (Å²) in [6.07, 6.45) is 3.72. The van der Waals surface area contributed by atoms with Crippen molar-refractivity contribution < 1.29 is 23.8 Å². The van der Waals surface area contributed by atoms with E-state index in [-0.39, 0.29) is 0 Å². The molecule has 0 aliphatic carbocycles. The Bertz CT molecular complexity index is 988. The second-order valence-electron chi connectivity index (χ2n) is 6.93. The van der Waals surface area contributed by atoms with Crippen LogP contribution in [-0.2, 0) is 4.79 Å². The normalized spacial score (nSPS) is 11.6. The van der Waals surface area contributed by atoms with Gasteiger partial charge in [0.25, 0.3) is 0 Å². The lowest BCUT2D eigenvalue weighted by atomic mass is 10.1. The number of aromatic nitrogens is 1. The largest absolute Gasteiger partial charge is 0.490 e. The van der Waals surface area contributed by atoms with Crippen molar-refractivity contribution in [1.82, 2.24) is 4.98 Å². The van der Waals surface area contributed by atoms with Crippen molar-refractivity contribution in [2.45, 2.75) is 26.4 Å². The molecule has 6 heteroatoms. The van der Waals surface area contributed by atoms with E-state index < -0.39 is 11.6 Å². The number of hydrogen-bond acceptors (Lipinski definition) is 5. The number of benzene rings is 2. The van der Waals surface area contributed by atoms with Crippen molar-refractivity contribution >= 4 is 12.0 Å². The van der Waals surface area contributed by atoms with Gasteiger partial charge in [-0.25, -0.2) is 9.78 Å². The zero-order chi connectivity index (χ0) is 20.9. The smallest absolute Gasteiger partial charge is 0.347 e. The summed E-state index contributed by atoms with van der Waals surface area (Å²) in [5.74, 6) is 1.41. The van der Waals surface area contributed by atoms with Crippen molar-refractivity contribution in [2.24, 2.45) is 0 Å². The van der Waals surface area contributed by atoms with Crippen LogP contribution in [-0.4, -0.2) is 28.3 Å². The Hall–Kier alpha value is -3.54. The average Bonchev–Trinajstić information content (AvgIpc) is 3.07. The van der Waals surface area contributed by atoms with Gasteiger partial charge in [-0.3, -0.25) is 0 Å². The van der Waals surface area contributed by atoms with Gasteiger partial charge in [-0.05, 0) is 69.3 Å². The molecule has 0 saturated heterocycles. The van der Waals surface area contributed by atoms with E-state index in [4.69, 9.17) is 19.0 Å². The average molecular weight is 393 g/mol. The van der Waals surface area contributed by atoms with Crippen LogP contribution in [0.1, 0.15) is 25.3 Å². The van der Waals surface area contributed by atoms with Crippen LogP contribution in [0.4, 0.5) is 0 Å². The molecule has 0 aliphatic heterocycles. The number of carboxylic acids is 1. The third-order valence-corrected chi connectivity index (χ3v) is 4.19. The third-order valence-electron chi connectivity index (χ3n) is 4.19. The standard InChI is InChI=1S/C23H23NO5/c1-16-20(24-21(28-16)17-8-5-4-6-9-17)10-7-15-27-18-11-13-19(14-12-18)29-23(2,3)22(25)26/h4-14H,15H2,1-3H3,(H,25,26)/b10-7+. The maximum Gasteiger partial charge on any atom is 0.347 e. The minimum Gasteiger partial charge on any atom is -0.490 e. The first-order valence-electron chi connectivity index (χ1n) is 9.20. The maximum atomic E-state index is 11.1. The van der Waals surface area contributed by atoms with E-state index in [1.807, 2.05) is 49.4 Å². The summed E-state index contributed by atoms with van der Waals surface area (Å²) in [5, 5.41) is 9.11. The summed E-state index contributed by atoms with van der Waals surface area (Å²) in [4.78, 5) is 15.6. The number of hydrogen-bond donors (Lipinski definition) is 1. The molecule has 0 fully saturated rings. The van der Waals surface area contributed by atoms with E-state index >= 15 is 0 Å². The first-order valence-corrected chi connectivity index (χ1v) is 9.20. The number of aliphatic carboxylic acids is 1. The molecule has 6 nitrogen and oxygen atoms in total. The molecule has 0 amide bonds. The predicted octanol–water partition coefficient (Wildman–Crippen LogP) is 4.98. The summed E-state index contributed by atoms with van der Waals surface area (Å²) < 4.78 is 16.9. The van der Waals surface area contributed by atoms with E-state index in [1.165, 1.54) is 13.8 Å². The van der Waals surface area contributed by atoms with Gasteiger partial charge >= 0.3 is 5.97 Å². The zero-order valence-electron chi connectivity index (χ0n) is 16.6. The number of carbonyl (C=O) groups is 1. The molecule has 0 unspecified atom stereocenters. The third kappa shape index (κ3) is 5.25. The van der Waals surface area contributed by atoms with Gasteiger partial charge in [0.15, 0.2) is 5.60 Å². The number of oxazole rings is 1. The highest BCUT2D eigenvalue weighted by Crippen LogP contribution is 2.23. The van der Waals surface area contributed by atoms with Gasteiger partial charge in [-0.2, -0.15) is 0 Å². The molecule has 150 valence electrons. The summed E-state index contributed by atoms with van der Waals surface area (Å²) in [6.45, 7) is 5.23. The van der Waals surface area contributed by atoms with Crippen LogP contribution in [0, 0.1) is 6.92 Å². The van der Waals surface area contributed by atoms with Crippen LogP contribution in [0.2, 0.25) is 0 Å². The van der Waals surface area contributed by atoms with Crippen LogP contribution in [0.15, 0.2) is 65.1 Å². The van der Waals surface area contributed by atoms with Crippen molar-refractivity contribution in [3.8, 4) is 23.0 Å². The van der Waals surface area contributed by atoms with E-state index in [2.05, 4.69) is 4.98 Å². The SMILES string of the molecule is Cc1oc(-c2ccccc2)nc1/C=C/COc1ccc(OC(C)(C)C(=O)O)cc1. The predicted molar refractivity (Wildman–Crippen MR) is 110 cm³/mol. The Kier molecular flexibility index (Phi) is 6.02. The molecule has 0 saturated carbocycles. The van der Waals surface area contributed by atoms with E-state index in [0.29, 0.717) is 24.0 Å². The number of carboxylic acid groups (broad SMARTS) is 1. The van der Waals surface area contributed by atoms with E-state index in [9.17, 15) is 4.79 Å². The quantitative estimate of drug-likeness (QED) is 0.581. The second-order valence-corrected chi connectivity index (χ2v) is 6.93. The summed E-state index contributed by atoms with van der Waals surface area (Å²) in [7, 11) is 0. The van der Waals surface area contributed by atoms with Crippen molar-refractivity contribution in [3.05, 3.63) is 72.1 Å². The molecule has 1 heterocycles. The van der Waals surface area contributed by atoms with E-state index in [1.54, 1.807) is 24.3 Å². The Labute approximate surface area is 169 Å². The van der Waals surface area contributed by atoms with Crippen LogP contribution in [0.5, 0.6) is 11.5 Å². The topological polar surface area (TPSA) is 81.8 Å². The van der Waals surface area contributed by atoms with Crippen LogP contribution in [0.3, 0.4) is 0 Å². The van der Waals surface area contributed by atoms with Crippen LogP contribution >= 0.6 is 0 Å². The molecule has 29 heavy (non-hydrogen) atoms. The first kappa shape index (κ1) is 20.2. The van der Waals surface area contributed by atoms with Crippen molar-refractivity contribution in [1.29, 1.82) is 0 Å². The highest BCUT2D eigenvalue weighted by Gasteiger charge is 2.29. The van der Waals surface area contributed by atoms with Crippen molar-refractivity contribution in [2.75, 3.05) is 6.61 Å². The minimum atomic E-state index is -1.29. The van der Waals surface area contributed by atoms with E-state index in [0.717, 1.165) is 17.0 Å². The van der Waals surface area contributed by atoms with Gasteiger partial charge in [0.2, 0.25) is 5.89 Å². The Morgan fingerprint density at radius 1 is 1.10 bits per heavy atom. The molecule has 0 bridgehead atoms. The molecule has 0 aliphatic rings. The fourth-order valence-corrected chi connectivity index (χ4v) is 2.51. The van der Waals surface area contributed by atoms with Crippen LogP contribution < -0.4 is 9.47 Å². The molecule has 1 N–H and O–H groups in total. The second kappa shape index (κ2) is 8.65. The van der Waals surface area contributed by atoms with Gasteiger partial charge in [0.1, 0.15) is 29.6 Å². The summed E-state index contributed by atoms with van der Waals surface area (Å²) >= 11 is 0. The van der Waals surface area contributed by atoms with Gasteiger partial charge in [0, 0.05) is 5.56 Å². The number of nitrogens with zero attached hydrogens (tertiary/aromatic N) is 1. The Morgan fingerprint density at radius 3 is 2.41 bits per heavy atom. The van der Waals surface area contributed by atoms with Gasteiger partial charge in [-0.15, -0.1) is 0 Å². The molecule has 0 atom stereocenters. The van der Waals surface area contributed by atoms with Crippen molar-refractivity contribution in [3.63, 3.8) is 0 Å². The molecule has 3 rings (SSSR count). The molecule has 3 aromatic rings. The fraction of sp³-hybridized carbons (Fsp3) is 0.217. The van der Waals surface area contributed by atoms with Gasteiger partial charge < -0.3 is 19.0 Å². The molecule has 0 radical (unpaired) electrons. The van der Waals surface area contributed by atoms with Gasteiger partial charge in [-0.1, -0.05) is 18.2 Å². The molecular formula is C23H23NO5. The monoisotopic (exact) mass is 393 g/mol. The molecule has 1 aromatic heterocycles. The number of ether oxygens (including phenoxy) is 2. The lowest BCUT2D eigenvalue weighted by molar-refractivity contribution is -0.152. The zero-order valence-corrected chi connectivity index (χ0v) is 16.6. The lowest BCUT2D eigenvalue weighted by Crippen LogP contribution is -2.37. The summed E-state index contributed by atoms with van der Waals surface area (Å²) in [5.41, 5.74) is 0.395. The molecular weight excluding hydrogens is 370 g/mol. The number of aryl methyl sites for hydroxylation is 1. The minimum absolute atomic E-state index is 0.355. The maximum absolute atomic E-state index is 11.1. The molecule has 0 spiro atoms. The highest BCUT2D eigenvalue weighted by molar-refractivity contribution is 5.76.